The number of nitrogens with one attached hydrogen (secondary N) is 1. The summed E-state index contributed by atoms with van der Waals surface area (Å²) in [6.45, 7) is 14.9. The van der Waals surface area contributed by atoms with Crippen LogP contribution < -0.4 is 0 Å². The van der Waals surface area contributed by atoms with Crippen molar-refractivity contribution < 1.29 is 9.84 Å². The fraction of sp³-hybridized carbons (Fsp3) is 0.560. The highest BCUT2D eigenvalue weighted by atomic mass is 32.2. The summed E-state index contributed by atoms with van der Waals surface area (Å²) < 4.78 is 5.36. The molecule has 31 heavy (non-hydrogen) atoms. The summed E-state index contributed by atoms with van der Waals surface area (Å²) in [5.74, 6) is 0. The fourth-order valence-corrected chi connectivity index (χ4v) is 4.44. The second-order valence-electron chi connectivity index (χ2n) is 7.05. The first-order valence-corrected chi connectivity index (χ1v) is 12.3. The normalized spacial score (nSPS) is 15.7. The van der Waals surface area contributed by atoms with Crippen LogP contribution in [0.4, 0.5) is 0 Å². The van der Waals surface area contributed by atoms with Gasteiger partial charge in [-0.05, 0) is 19.4 Å². The van der Waals surface area contributed by atoms with Gasteiger partial charge in [-0.3, -0.25) is 9.80 Å². The number of hydrogen-bond donors (Lipinski definition) is 2. The Balaban J connectivity index is 0.00000233. The molecule has 0 radical (unpaired) electrons. The second-order valence-corrected chi connectivity index (χ2v) is 8.16. The highest BCUT2D eigenvalue weighted by Gasteiger charge is 2.19. The van der Waals surface area contributed by atoms with Gasteiger partial charge in [0, 0.05) is 54.6 Å². The van der Waals surface area contributed by atoms with Gasteiger partial charge in [-0.25, -0.2) is 0 Å². The number of nitrogens with zero attached hydrogens (tertiary/aromatic N) is 2. The SMILES string of the molecule is C/C=C\C(=C/CC)Sc1ccccc1C(=N)CN1CCN(CCOCCO)CC1.CC. The Morgan fingerprint density at radius 2 is 1.81 bits per heavy atom. The third-order valence-corrected chi connectivity index (χ3v) is 5.92. The van der Waals surface area contributed by atoms with Crippen molar-refractivity contribution in [2.45, 2.75) is 39.0 Å². The molecule has 5 nitrogen and oxygen atoms in total. The van der Waals surface area contributed by atoms with E-state index in [0.29, 0.717) is 25.5 Å². The molecule has 0 aromatic heterocycles. The Morgan fingerprint density at radius 1 is 1.13 bits per heavy atom. The molecule has 0 atom stereocenters. The predicted molar refractivity (Wildman–Crippen MR) is 134 cm³/mol. The van der Waals surface area contributed by atoms with E-state index in [4.69, 9.17) is 15.3 Å². The topological polar surface area (TPSA) is 59.8 Å². The number of thioether (sulfide) groups is 1. The zero-order chi connectivity index (χ0) is 22.9. The van der Waals surface area contributed by atoms with Crippen molar-refractivity contribution in [3.05, 3.63) is 53.0 Å². The molecule has 174 valence electrons. The molecule has 2 rings (SSSR count). The monoisotopic (exact) mass is 447 g/mol. The number of rotatable bonds is 12. The van der Waals surface area contributed by atoms with E-state index < -0.39 is 0 Å². The first-order chi connectivity index (χ1) is 15.2. The van der Waals surface area contributed by atoms with Crippen LogP contribution in [0, 0.1) is 5.41 Å². The minimum atomic E-state index is 0.0834. The lowest BCUT2D eigenvalue weighted by Crippen LogP contribution is -2.48. The number of ether oxygens (including phenoxy) is 1. The average molecular weight is 448 g/mol. The summed E-state index contributed by atoms with van der Waals surface area (Å²) in [4.78, 5) is 7.13. The first kappa shape index (κ1) is 27.6. The van der Waals surface area contributed by atoms with Crippen LogP contribution in [-0.4, -0.2) is 79.7 Å². The summed E-state index contributed by atoms with van der Waals surface area (Å²) in [6.07, 6.45) is 7.44. The molecule has 0 aliphatic carbocycles. The van der Waals surface area contributed by atoms with Gasteiger partial charge in [0.2, 0.25) is 0 Å². The predicted octanol–water partition coefficient (Wildman–Crippen LogP) is 4.67. The van der Waals surface area contributed by atoms with Gasteiger partial charge >= 0.3 is 0 Å². The first-order valence-electron chi connectivity index (χ1n) is 11.5. The number of allylic oxidation sites excluding steroid dienone is 3. The molecular formula is C25H41N3O2S. The lowest BCUT2D eigenvalue weighted by atomic mass is 10.1. The van der Waals surface area contributed by atoms with Crippen molar-refractivity contribution in [3.8, 4) is 0 Å². The molecule has 2 N–H and O–H groups in total. The summed E-state index contributed by atoms with van der Waals surface area (Å²) in [7, 11) is 0. The van der Waals surface area contributed by atoms with Crippen LogP contribution in [-0.2, 0) is 4.74 Å². The minimum Gasteiger partial charge on any atom is -0.394 e. The van der Waals surface area contributed by atoms with Gasteiger partial charge in [0.15, 0.2) is 0 Å². The van der Waals surface area contributed by atoms with Crippen molar-refractivity contribution >= 4 is 17.5 Å². The lowest BCUT2D eigenvalue weighted by molar-refractivity contribution is 0.0599. The van der Waals surface area contributed by atoms with E-state index in [9.17, 15) is 0 Å². The number of aliphatic hydroxyl groups excluding tert-OH is 1. The molecule has 1 aliphatic rings. The van der Waals surface area contributed by atoms with Crippen molar-refractivity contribution in [1.29, 1.82) is 5.41 Å². The number of piperazine rings is 1. The van der Waals surface area contributed by atoms with E-state index in [1.165, 1.54) is 4.91 Å². The van der Waals surface area contributed by atoms with Gasteiger partial charge in [-0.15, -0.1) is 0 Å². The average Bonchev–Trinajstić information content (AvgIpc) is 2.80. The Morgan fingerprint density at radius 3 is 2.45 bits per heavy atom. The van der Waals surface area contributed by atoms with Crippen molar-refractivity contribution in [2.24, 2.45) is 0 Å². The second kappa shape index (κ2) is 17.2. The van der Waals surface area contributed by atoms with Gasteiger partial charge in [0.1, 0.15) is 0 Å². The third kappa shape index (κ3) is 10.6. The smallest absolute Gasteiger partial charge is 0.0698 e. The maximum absolute atomic E-state index is 8.76. The van der Waals surface area contributed by atoms with E-state index in [0.717, 1.165) is 49.6 Å². The maximum Gasteiger partial charge on any atom is 0.0698 e. The largest absolute Gasteiger partial charge is 0.394 e. The molecule has 1 aliphatic heterocycles. The minimum absolute atomic E-state index is 0.0834. The van der Waals surface area contributed by atoms with Crippen LogP contribution >= 0.6 is 11.8 Å². The molecular weight excluding hydrogens is 406 g/mol. The maximum atomic E-state index is 8.76. The number of hydrogen-bond acceptors (Lipinski definition) is 6. The van der Waals surface area contributed by atoms with Crippen molar-refractivity contribution in [2.75, 3.05) is 59.1 Å². The number of benzene rings is 1. The zero-order valence-corrected chi connectivity index (χ0v) is 20.6. The van der Waals surface area contributed by atoms with Crippen LogP contribution in [0.3, 0.4) is 0 Å². The van der Waals surface area contributed by atoms with Gasteiger partial charge in [-0.1, -0.05) is 69.0 Å². The quantitative estimate of drug-likeness (QED) is 0.211. The van der Waals surface area contributed by atoms with Crippen LogP contribution in [0.2, 0.25) is 0 Å². The van der Waals surface area contributed by atoms with Crippen molar-refractivity contribution in [1.82, 2.24) is 9.80 Å². The lowest BCUT2D eigenvalue weighted by Gasteiger charge is -2.34. The fourth-order valence-electron chi connectivity index (χ4n) is 3.28. The van der Waals surface area contributed by atoms with Gasteiger partial charge in [0.05, 0.1) is 25.5 Å². The highest BCUT2D eigenvalue weighted by Crippen LogP contribution is 2.31. The summed E-state index contributed by atoms with van der Waals surface area (Å²) in [5.41, 5.74) is 1.72. The molecule has 0 saturated carbocycles. The summed E-state index contributed by atoms with van der Waals surface area (Å²) >= 11 is 1.74. The number of aliphatic hydroxyl groups is 1. The Bertz CT molecular complexity index is 683. The molecule has 1 aromatic carbocycles. The molecule has 0 unspecified atom stereocenters. The molecule has 1 saturated heterocycles. The van der Waals surface area contributed by atoms with Crippen LogP contribution in [0.15, 0.2) is 52.3 Å². The standard InChI is InChI=1S/C23H35N3O2S.C2H6/c1-3-7-20(8-4-2)29-23-10-6-5-9-21(23)22(24)19-26-13-11-25(12-14-26)15-17-28-18-16-27;1-2/h3,5-10,24,27H,4,11-19H2,1-2H3;1-2H3/b7-3-,20-8+,24-22?;. The summed E-state index contributed by atoms with van der Waals surface area (Å²) in [5, 5.41) is 17.5. The van der Waals surface area contributed by atoms with E-state index >= 15 is 0 Å². The van der Waals surface area contributed by atoms with Crippen LogP contribution in [0.1, 0.15) is 39.7 Å². The molecule has 0 bridgehead atoms. The third-order valence-electron chi connectivity index (χ3n) is 4.81. The zero-order valence-electron chi connectivity index (χ0n) is 19.8. The molecule has 0 amide bonds. The van der Waals surface area contributed by atoms with Gasteiger partial charge in [-0.2, -0.15) is 0 Å². The molecule has 0 spiro atoms. The van der Waals surface area contributed by atoms with E-state index in [-0.39, 0.29) is 6.61 Å². The van der Waals surface area contributed by atoms with E-state index in [1.54, 1.807) is 11.8 Å². The van der Waals surface area contributed by atoms with Crippen molar-refractivity contribution in [3.63, 3.8) is 0 Å². The summed E-state index contributed by atoms with van der Waals surface area (Å²) in [6, 6.07) is 8.26. The molecule has 1 fully saturated rings. The van der Waals surface area contributed by atoms with Crippen LogP contribution in [0.5, 0.6) is 0 Å². The molecule has 1 aromatic rings. The van der Waals surface area contributed by atoms with E-state index in [1.807, 2.05) is 26.8 Å². The highest BCUT2D eigenvalue weighted by molar-refractivity contribution is 8.03. The Kier molecular flexibility index (Phi) is 15.3. The van der Waals surface area contributed by atoms with Gasteiger partial charge < -0.3 is 15.3 Å². The van der Waals surface area contributed by atoms with E-state index in [2.05, 4.69) is 53.2 Å². The Hall–Kier alpha value is -1.44. The van der Waals surface area contributed by atoms with Gasteiger partial charge in [0.25, 0.3) is 0 Å². The Labute approximate surface area is 193 Å². The van der Waals surface area contributed by atoms with Crippen LogP contribution in [0.25, 0.3) is 0 Å². The molecule has 6 heteroatoms. The molecule has 1 heterocycles.